The number of methoxy groups -OCH3 is 1. The van der Waals surface area contributed by atoms with Crippen molar-refractivity contribution in [1.29, 1.82) is 0 Å². The number of aryl methyl sites for hydroxylation is 1. The number of ether oxygens (including phenoxy) is 1. The van der Waals surface area contributed by atoms with Crippen LogP contribution in [-0.4, -0.2) is 26.8 Å². The van der Waals surface area contributed by atoms with Gasteiger partial charge in [0.1, 0.15) is 11.6 Å². The number of thiocarbonyl (C=S) groups is 1. The van der Waals surface area contributed by atoms with E-state index in [1.807, 2.05) is 73.1 Å². The summed E-state index contributed by atoms with van der Waals surface area (Å²) in [5.41, 5.74) is 5.37. The Labute approximate surface area is 198 Å². The van der Waals surface area contributed by atoms with Crippen LogP contribution >= 0.6 is 12.2 Å². The van der Waals surface area contributed by atoms with Gasteiger partial charge in [0, 0.05) is 29.5 Å². The zero-order chi connectivity index (χ0) is 22.9. The monoisotopic (exact) mass is 455 g/mol. The summed E-state index contributed by atoms with van der Waals surface area (Å²) in [5, 5.41) is 4.20. The summed E-state index contributed by atoms with van der Waals surface area (Å²) in [4.78, 5) is 11.4. The third-order valence-electron chi connectivity index (χ3n) is 6.12. The highest BCUT2D eigenvalue weighted by Crippen LogP contribution is 2.43. The molecule has 1 aliphatic rings. The molecule has 1 aromatic carbocycles. The number of nitrogens with one attached hydrogen (secondary N) is 1. The first-order valence-electron chi connectivity index (χ1n) is 10.8. The SMILES string of the molecule is COc1ccc(N2C(=S)N[C@H](c3ccccn3)[C@@H]2c2cc(C)n(-c3ccccn3)c2C)cc1. The largest absolute Gasteiger partial charge is 0.497 e. The van der Waals surface area contributed by atoms with Gasteiger partial charge in [0.2, 0.25) is 0 Å². The minimum atomic E-state index is -0.0986. The third-order valence-corrected chi connectivity index (χ3v) is 6.43. The summed E-state index contributed by atoms with van der Waals surface area (Å²) >= 11 is 5.85. The fourth-order valence-corrected chi connectivity index (χ4v) is 4.96. The molecule has 1 N–H and O–H groups in total. The Kier molecular flexibility index (Phi) is 5.56. The van der Waals surface area contributed by atoms with E-state index < -0.39 is 0 Å². The van der Waals surface area contributed by atoms with E-state index in [4.69, 9.17) is 17.0 Å². The fraction of sp³-hybridized carbons (Fsp3) is 0.192. The van der Waals surface area contributed by atoms with Crippen molar-refractivity contribution in [3.05, 3.63) is 102 Å². The second-order valence-corrected chi connectivity index (χ2v) is 8.43. The van der Waals surface area contributed by atoms with Crippen molar-refractivity contribution >= 4 is 23.0 Å². The number of benzene rings is 1. The number of anilines is 1. The Balaban J connectivity index is 1.66. The zero-order valence-electron chi connectivity index (χ0n) is 18.8. The van der Waals surface area contributed by atoms with E-state index in [0.29, 0.717) is 5.11 Å². The van der Waals surface area contributed by atoms with Crippen LogP contribution < -0.4 is 15.0 Å². The van der Waals surface area contributed by atoms with E-state index in [-0.39, 0.29) is 12.1 Å². The molecule has 1 aliphatic heterocycles. The lowest BCUT2D eigenvalue weighted by molar-refractivity contribution is 0.415. The Morgan fingerprint density at radius 3 is 2.30 bits per heavy atom. The summed E-state index contributed by atoms with van der Waals surface area (Å²) in [5.74, 6) is 1.71. The van der Waals surface area contributed by atoms with Crippen LogP contribution in [0.4, 0.5) is 5.69 Å². The molecule has 0 bridgehead atoms. The molecule has 0 spiro atoms. The summed E-state index contributed by atoms with van der Waals surface area (Å²) in [7, 11) is 1.67. The second-order valence-electron chi connectivity index (χ2n) is 8.04. The molecule has 33 heavy (non-hydrogen) atoms. The van der Waals surface area contributed by atoms with Gasteiger partial charge in [0.15, 0.2) is 5.11 Å². The first-order valence-corrected chi connectivity index (χ1v) is 11.2. The minimum Gasteiger partial charge on any atom is -0.497 e. The number of rotatable bonds is 5. The van der Waals surface area contributed by atoms with E-state index in [9.17, 15) is 0 Å². The van der Waals surface area contributed by atoms with Gasteiger partial charge in [-0.3, -0.25) is 4.98 Å². The van der Waals surface area contributed by atoms with Crippen molar-refractivity contribution in [3.8, 4) is 11.6 Å². The number of pyridine rings is 2. The molecule has 7 heteroatoms. The summed E-state index contributed by atoms with van der Waals surface area (Å²) in [6.45, 7) is 4.25. The van der Waals surface area contributed by atoms with E-state index >= 15 is 0 Å². The van der Waals surface area contributed by atoms with Crippen molar-refractivity contribution in [2.24, 2.45) is 0 Å². The number of aromatic nitrogens is 3. The van der Waals surface area contributed by atoms with Gasteiger partial charge in [-0.15, -0.1) is 0 Å². The van der Waals surface area contributed by atoms with Crippen LogP contribution in [0.1, 0.15) is 34.7 Å². The predicted molar refractivity (Wildman–Crippen MR) is 134 cm³/mol. The number of nitrogens with zero attached hydrogens (tertiary/aromatic N) is 4. The van der Waals surface area contributed by atoms with Gasteiger partial charge in [0.25, 0.3) is 0 Å². The first-order chi connectivity index (χ1) is 16.1. The standard InChI is InChI=1S/C26H25N5OS/c1-17-16-21(18(2)30(17)23-9-5-7-15-28-23)25-24(22-8-4-6-14-27-22)29-26(33)31(25)19-10-12-20(32-3)13-11-19/h4-16,24-25H,1-3H3,(H,29,33)/t24-,25+/m1/s1. The maximum Gasteiger partial charge on any atom is 0.174 e. The molecule has 0 unspecified atom stereocenters. The second kappa shape index (κ2) is 8.67. The molecule has 6 nitrogen and oxygen atoms in total. The molecular weight excluding hydrogens is 430 g/mol. The zero-order valence-corrected chi connectivity index (χ0v) is 19.6. The van der Waals surface area contributed by atoms with Crippen LogP contribution in [-0.2, 0) is 0 Å². The van der Waals surface area contributed by atoms with Crippen molar-refractivity contribution < 1.29 is 4.74 Å². The van der Waals surface area contributed by atoms with Crippen molar-refractivity contribution in [3.63, 3.8) is 0 Å². The molecule has 4 heterocycles. The molecule has 0 aliphatic carbocycles. The quantitative estimate of drug-likeness (QED) is 0.424. The van der Waals surface area contributed by atoms with E-state index in [2.05, 4.69) is 44.7 Å². The van der Waals surface area contributed by atoms with Crippen LogP contribution in [0.5, 0.6) is 5.75 Å². The molecule has 0 radical (unpaired) electrons. The minimum absolute atomic E-state index is 0.0792. The summed E-state index contributed by atoms with van der Waals surface area (Å²) in [6.07, 6.45) is 3.64. The molecule has 5 rings (SSSR count). The maximum absolute atomic E-state index is 5.85. The van der Waals surface area contributed by atoms with Crippen molar-refractivity contribution in [2.45, 2.75) is 25.9 Å². The number of hydrogen-bond donors (Lipinski definition) is 1. The molecule has 0 amide bonds. The molecule has 1 fully saturated rings. The third kappa shape index (κ3) is 3.74. The number of hydrogen-bond acceptors (Lipinski definition) is 4. The Morgan fingerprint density at radius 1 is 0.939 bits per heavy atom. The first kappa shape index (κ1) is 21.2. The molecule has 2 atom stereocenters. The average molecular weight is 456 g/mol. The van der Waals surface area contributed by atoms with Crippen LogP contribution in [0.2, 0.25) is 0 Å². The van der Waals surface area contributed by atoms with Gasteiger partial charge in [0.05, 0.1) is 24.9 Å². The molecule has 1 saturated heterocycles. The summed E-state index contributed by atoms with van der Waals surface area (Å²) in [6, 6.07) is 22.0. The molecule has 4 aromatic rings. The fourth-order valence-electron chi connectivity index (χ4n) is 4.62. The smallest absolute Gasteiger partial charge is 0.174 e. The maximum atomic E-state index is 5.85. The molecular formula is C26H25N5OS. The highest BCUT2D eigenvalue weighted by molar-refractivity contribution is 7.80. The topological polar surface area (TPSA) is 55.2 Å². The molecule has 0 saturated carbocycles. The van der Waals surface area contributed by atoms with Gasteiger partial charge >= 0.3 is 0 Å². The Morgan fingerprint density at radius 2 is 1.67 bits per heavy atom. The predicted octanol–water partition coefficient (Wildman–Crippen LogP) is 5.07. The van der Waals surface area contributed by atoms with Gasteiger partial charge in [-0.1, -0.05) is 12.1 Å². The van der Waals surface area contributed by atoms with Crippen LogP contribution in [0.3, 0.4) is 0 Å². The molecule has 3 aromatic heterocycles. The Bertz CT molecular complexity index is 1270. The lowest BCUT2D eigenvalue weighted by Crippen LogP contribution is -2.29. The van der Waals surface area contributed by atoms with E-state index in [0.717, 1.165) is 34.3 Å². The lowest BCUT2D eigenvalue weighted by Gasteiger charge is -2.28. The molecule has 166 valence electrons. The summed E-state index contributed by atoms with van der Waals surface area (Å²) < 4.78 is 7.55. The van der Waals surface area contributed by atoms with Crippen molar-refractivity contribution in [1.82, 2.24) is 19.9 Å². The van der Waals surface area contributed by atoms with Gasteiger partial charge in [-0.25, -0.2) is 4.98 Å². The van der Waals surface area contributed by atoms with Gasteiger partial charge in [-0.2, -0.15) is 0 Å². The highest BCUT2D eigenvalue weighted by atomic mass is 32.1. The average Bonchev–Trinajstić information content (AvgIpc) is 3.35. The van der Waals surface area contributed by atoms with E-state index in [1.165, 1.54) is 5.56 Å². The van der Waals surface area contributed by atoms with Gasteiger partial charge in [-0.05, 0) is 86.2 Å². The van der Waals surface area contributed by atoms with Crippen molar-refractivity contribution in [2.75, 3.05) is 12.0 Å². The highest BCUT2D eigenvalue weighted by Gasteiger charge is 2.42. The van der Waals surface area contributed by atoms with Crippen LogP contribution in [0.15, 0.2) is 79.1 Å². The Hall–Kier alpha value is -3.71. The van der Waals surface area contributed by atoms with Crippen LogP contribution in [0.25, 0.3) is 5.82 Å². The lowest BCUT2D eigenvalue weighted by atomic mass is 9.96. The van der Waals surface area contributed by atoms with E-state index in [1.54, 1.807) is 7.11 Å². The normalized spacial score (nSPS) is 17.8. The van der Waals surface area contributed by atoms with Crippen LogP contribution in [0, 0.1) is 13.8 Å². The van der Waals surface area contributed by atoms with Gasteiger partial charge < -0.3 is 19.5 Å².